The van der Waals surface area contributed by atoms with Crippen LogP contribution < -0.4 is 15.7 Å². The molecule has 26 heavy (non-hydrogen) atoms. The SMILES string of the molecule is C[C@@H]1Cc2cc(-c3cc(CNC(=O)c4ccc(=O)oc4)no3)ccc2O1. The molecule has 0 spiro atoms. The molecule has 1 atom stereocenters. The smallest absolute Gasteiger partial charge is 0.335 e. The van der Waals surface area contributed by atoms with Crippen molar-refractivity contribution in [2.24, 2.45) is 0 Å². The molecule has 1 amide bonds. The van der Waals surface area contributed by atoms with Crippen molar-refractivity contribution in [1.82, 2.24) is 10.5 Å². The van der Waals surface area contributed by atoms with Gasteiger partial charge in [-0.05, 0) is 36.8 Å². The Morgan fingerprint density at radius 2 is 2.15 bits per heavy atom. The molecule has 0 bridgehead atoms. The van der Waals surface area contributed by atoms with E-state index in [-0.39, 0.29) is 24.1 Å². The standard InChI is InChI=1S/C19H16N2O5/c1-11-6-14-7-12(2-4-16(14)25-11)17-8-15(21-26-17)9-20-19(23)13-3-5-18(22)24-10-13/h2-5,7-8,10-11H,6,9H2,1H3,(H,20,23)/t11-/m1/s1. The molecule has 0 aliphatic carbocycles. The van der Waals surface area contributed by atoms with Crippen molar-refractivity contribution < 1.29 is 18.5 Å². The molecule has 4 rings (SSSR count). The van der Waals surface area contributed by atoms with E-state index in [0.29, 0.717) is 11.5 Å². The van der Waals surface area contributed by atoms with Crippen LogP contribution in [0.3, 0.4) is 0 Å². The monoisotopic (exact) mass is 352 g/mol. The number of carbonyl (C=O) groups is 1. The van der Waals surface area contributed by atoms with Gasteiger partial charge in [-0.2, -0.15) is 0 Å². The molecule has 1 aliphatic rings. The van der Waals surface area contributed by atoms with Gasteiger partial charge in [0.2, 0.25) is 0 Å². The maximum Gasteiger partial charge on any atom is 0.335 e. The lowest BCUT2D eigenvalue weighted by molar-refractivity contribution is 0.0947. The van der Waals surface area contributed by atoms with E-state index >= 15 is 0 Å². The lowest BCUT2D eigenvalue weighted by Crippen LogP contribution is -2.23. The quantitative estimate of drug-likeness (QED) is 0.775. The van der Waals surface area contributed by atoms with Crippen LogP contribution in [0.1, 0.15) is 28.5 Å². The first-order chi connectivity index (χ1) is 12.6. The number of aromatic nitrogens is 1. The zero-order valence-corrected chi connectivity index (χ0v) is 14.0. The molecule has 0 saturated heterocycles. The number of amides is 1. The second kappa shape index (κ2) is 6.51. The van der Waals surface area contributed by atoms with E-state index in [0.717, 1.165) is 29.6 Å². The largest absolute Gasteiger partial charge is 0.490 e. The van der Waals surface area contributed by atoms with Gasteiger partial charge in [-0.1, -0.05) is 5.16 Å². The van der Waals surface area contributed by atoms with Gasteiger partial charge in [0.15, 0.2) is 5.76 Å². The van der Waals surface area contributed by atoms with Crippen LogP contribution in [0.25, 0.3) is 11.3 Å². The van der Waals surface area contributed by atoms with Crippen LogP contribution in [0, 0.1) is 0 Å². The summed E-state index contributed by atoms with van der Waals surface area (Å²) in [5, 5.41) is 6.69. The fourth-order valence-electron chi connectivity index (χ4n) is 2.87. The van der Waals surface area contributed by atoms with Crippen molar-refractivity contribution in [2.45, 2.75) is 26.0 Å². The minimum atomic E-state index is -0.503. The maximum absolute atomic E-state index is 12.0. The second-order valence-corrected chi connectivity index (χ2v) is 6.16. The highest BCUT2D eigenvalue weighted by Gasteiger charge is 2.20. The Balaban J connectivity index is 1.44. The summed E-state index contributed by atoms with van der Waals surface area (Å²) in [6, 6.07) is 10.3. The highest BCUT2D eigenvalue weighted by molar-refractivity contribution is 5.93. The third-order valence-corrected chi connectivity index (χ3v) is 4.13. The summed E-state index contributed by atoms with van der Waals surface area (Å²) in [7, 11) is 0. The molecule has 132 valence electrons. The van der Waals surface area contributed by atoms with Crippen LogP contribution in [0.2, 0.25) is 0 Å². The lowest BCUT2D eigenvalue weighted by atomic mass is 10.1. The maximum atomic E-state index is 12.0. The predicted molar refractivity (Wildman–Crippen MR) is 91.9 cm³/mol. The van der Waals surface area contributed by atoms with Crippen LogP contribution in [0.4, 0.5) is 0 Å². The molecule has 1 N–H and O–H groups in total. The van der Waals surface area contributed by atoms with Crippen molar-refractivity contribution in [3.8, 4) is 17.1 Å². The van der Waals surface area contributed by atoms with Crippen molar-refractivity contribution in [3.05, 3.63) is 69.9 Å². The molecule has 3 aromatic rings. The normalized spacial score (nSPS) is 15.3. The number of carbonyl (C=O) groups excluding carboxylic acids is 1. The summed E-state index contributed by atoms with van der Waals surface area (Å²) in [5.41, 5.74) is 2.41. The van der Waals surface area contributed by atoms with Crippen molar-refractivity contribution in [3.63, 3.8) is 0 Å². The summed E-state index contributed by atoms with van der Waals surface area (Å²) >= 11 is 0. The molecular weight excluding hydrogens is 336 g/mol. The van der Waals surface area contributed by atoms with Gasteiger partial charge in [0.25, 0.3) is 5.91 Å². The number of nitrogens with zero attached hydrogens (tertiary/aromatic N) is 1. The highest BCUT2D eigenvalue weighted by Crippen LogP contribution is 2.33. The highest BCUT2D eigenvalue weighted by atomic mass is 16.5. The summed E-state index contributed by atoms with van der Waals surface area (Å²) in [5.74, 6) is 1.17. The van der Waals surface area contributed by atoms with E-state index in [1.165, 1.54) is 12.1 Å². The number of fused-ring (bicyclic) bond motifs is 1. The number of hydrogen-bond acceptors (Lipinski definition) is 6. The van der Waals surface area contributed by atoms with Gasteiger partial charge >= 0.3 is 5.63 Å². The van der Waals surface area contributed by atoms with Gasteiger partial charge < -0.3 is 19.0 Å². The van der Waals surface area contributed by atoms with Gasteiger partial charge in [-0.15, -0.1) is 0 Å². The van der Waals surface area contributed by atoms with Gasteiger partial charge in [0.05, 0.1) is 12.1 Å². The van der Waals surface area contributed by atoms with E-state index < -0.39 is 5.63 Å². The lowest BCUT2D eigenvalue weighted by Gasteiger charge is -2.02. The van der Waals surface area contributed by atoms with E-state index in [2.05, 4.69) is 14.9 Å². The van der Waals surface area contributed by atoms with Gasteiger partial charge in [-0.3, -0.25) is 4.79 Å². The predicted octanol–water partition coefficient (Wildman–Crippen LogP) is 2.55. The molecule has 7 nitrogen and oxygen atoms in total. The minimum absolute atomic E-state index is 0.183. The molecule has 1 aliphatic heterocycles. The number of hydrogen-bond donors (Lipinski definition) is 1. The number of benzene rings is 1. The molecule has 3 heterocycles. The number of rotatable bonds is 4. The molecule has 1 aromatic carbocycles. The Hall–Kier alpha value is -3.35. The van der Waals surface area contributed by atoms with Gasteiger partial charge in [0, 0.05) is 24.1 Å². The second-order valence-electron chi connectivity index (χ2n) is 6.16. The topological polar surface area (TPSA) is 94.6 Å². The number of ether oxygens (including phenoxy) is 1. The van der Waals surface area contributed by atoms with Crippen molar-refractivity contribution >= 4 is 5.91 Å². The average Bonchev–Trinajstić information content (AvgIpc) is 3.25. The Kier molecular flexibility index (Phi) is 4.04. The van der Waals surface area contributed by atoms with E-state index in [1.807, 2.05) is 25.1 Å². The molecular formula is C19H16N2O5. The van der Waals surface area contributed by atoms with E-state index in [9.17, 15) is 9.59 Å². The molecule has 0 radical (unpaired) electrons. The van der Waals surface area contributed by atoms with Crippen LogP contribution in [0.5, 0.6) is 5.75 Å². The molecule has 7 heteroatoms. The first kappa shape index (κ1) is 16.1. The van der Waals surface area contributed by atoms with Crippen LogP contribution in [-0.4, -0.2) is 17.2 Å². The molecule has 0 saturated carbocycles. The van der Waals surface area contributed by atoms with Crippen LogP contribution in [-0.2, 0) is 13.0 Å². The third-order valence-electron chi connectivity index (χ3n) is 4.13. The third kappa shape index (κ3) is 3.23. The average molecular weight is 352 g/mol. The van der Waals surface area contributed by atoms with E-state index in [4.69, 9.17) is 9.26 Å². The van der Waals surface area contributed by atoms with Crippen molar-refractivity contribution in [2.75, 3.05) is 0 Å². The first-order valence-corrected chi connectivity index (χ1v) is 8.21. The Morgan fingerprint density at radius 3 is 2.96 bits per heavy atom. The Bertz CT molecular complexity index is 1000. The van der Waals surface area contributed by atoms with Crippen molar-refractivity contribution in [1.29, 1.82) is 0 Å². The zero-order chi connectivity index (χ0) is 18.1. The fourth-order valence-corrected chi connectivity index (χ4v) is 2.87. The summed E-state index contributed by atoms with van der Waals surface area (Å²) in [6.45, 7) is 2.24. The summed E-state index contributed by atoms with van der Waals surface area (Å²) < 4.78 is 15.8. The molecule has 0 unspecified atom stereocenters. The first-order valence-electron chi connectivity index (χ1n) is 8.21. The minimum Gasteiger partial charge on any atom is -0.490 e. The summed E-state index contributed by atoms with van der Waals surface area (Å²) in [4.78, 5) is 22.9. The number of nitrogens with one attached hydrogen (secondary N) is 1. The van der Waals surface area contributed by atoms with Gasteiger partial charge in [0.1, 0.15) is 23.8 Å². The Labute approximate surface area is 148 Å². The van der Waals surface area contributed by atoms with Crippen LogP contribution >= 0.6 is 0 Å². The van der Waals surface area contributed by atoms with Gasteiger partial charge in [-0.25, -0.2) is 4.79 Å². The van der Waals surface area contributed by atoms with Crippen LogP contribution in [0.15, 0.2) is 56.4 Å². The fraction of sp³-hybridized carbons (Fsp3) is 0.211. The van der Waals surface area contributed by atoms with E-state index in [1.54, 1.807) is 6.07 Å². The molecule has 2 aromatic heterocycles. The summed E-state index contributed by atoms with van der Waals surface area (Å²) in [6.07, 6.45) is 2.18. The Morgan fingerprint density at radius 1 is 1.27 bits per heavy atom. The zero-order valence-electron chi connectivity index (χ0n) is 14.0. The molecule has 0 fully saturated rings.